The average Bonchev–Trinajstić information content (AvgIpc) is 3.47. The van der Waals surface area contributed by atoms with Gasteiger partial charge in [-0.3, -0.25) is 4.90 Å². The maximum atomic E-state index is 13.6. The van der Waals surface area contributed by atoms with Gasteiger partial charge in [-0.15, -0.1) is 0 Å². The lowest BCUT2D eigenvalue weighted by atomic mass is 9.90. The molecule has 2 aromatic rings. The van der Waals surface area contributed by atoms with Gasteiger partial charge in [0.15, 0.2) is 0 Å². The summed E-state index contributed by atoms with van der Waals surface area (Å²) in [6.45, 7) is 4.88. The Kier molecular flexibility index (Phi) is 5.96. The Labute approximate surface area is 166 Å². The molecule has 0 amide bonds. The highest BCUT2D eigenvalue weighted by Crippen LogP contribution is 2.51. The molecule has 0 aromatic heterocycles. The summed E-state index contributed by atoms with van der Waals surface area (Å²) in [4.78, 5) is 2.40. The molecule has 0 radical (unpaired) electrons. The molecule has 2 aromatic carbocycles. The Hall–Kier alpha value is -1.94. The van der Waals surface area contributed by atoms with Crippen molar-refractivity contribution in [2.24, 2.45) is 11.8 Å². The van der Waals surface area contributed by atoms with Crippen molar-refractivity contribution < 1.29 is 13.5 Å². The monoisotopic (exact) mass is 385 g/mol. The average molecular weight is 385 g/mol. The van der Waals surface area contributed by atoms with Gasteiger partial charge in [0.05, 0.1) is 0 Å². The molecule has 0 N–H and O–H groups in total. The number of ether oxygens (including phenoxy) is 1. The van der Waals surface area contributed by atoms with Crippen LogP contribution in [-0.4, -0.2) is 31.1 Å². The molecule has 2 nitrogen and oxygen atoms in total. The molecule has 4 rings (SSSR count). The Morgan fingerprint density at radius 2 is 1.71 bits per heavy atom. The summed E-state index contributed by atoms with van der Waals surface area (Å²) in [5, 5.41) is 0. The second-order valence-electron chi connectivity index (χ2n) is 8.39. The van der Waals surface area contributed by atoms with Gasteiger partial charge >= 0.3 is 0 Å². The van der Waals surface area contributed by atoms with Gasteiger partial charge in [0.25, 0.3) is 0 Å². The zero-order chi connectivity index (χ0) is 19.5. The largest absolute Gasteiger partial charge is 0.492 e. The number of benzene rings is 2. The zero-order valence-electron chi connectivity index (χ0n) is 16.5. The van der Waals surface area contributed by atoms with E-state index in [0.717, 1.165) is 37.4 Å². The molecule has 2 aliphatic rings. The molecule has 1 aliphatic heterocycles. The van der Waals surface area contributed by atoms with Crippen LogP contribution >= 0.6 is 0 Å². The van der Waals surface area contributed by atoms with Crippen LogP contribution in [0.4, 0.5) is 8.78 Å². The van der Waals surface area contributed by atoms with Crippen molar-refractivity contribution >= 4 is 0 Å². The Morgan fingerprint density at radius 1 is 1.04 bits per heavy atom. The van der Waals surface area contributed by atoms with E-state index in [0.29, 0.717) is 6.61 Å². The van der Waals surface area contributed by atoms with Crippen molar-refractivity contribution in [1.82, 2.24) is 4.90 Å². The first-order chi connectivity index (χ1) is 13.6. The van der Waals surface area contributed by atoms with Gasteiger partial charge in [-0.2, -0.15) is 0 Å². The van der Waals surface area contributed by atoms with Crippen LogP contribution in [0.5, 0.6) is 5.75 Å². The topological polar surface area (TPSA) is 12.5 Å². The standard InChI is InChI=1S/C24H29F2NO/c1-17-23(25)15-21(16-24(17)26)28-12-11-27-9-7-18(8-10-27)13-20-14-22(20)19-5-3-2-4-6-19/h2-6,15-16,18,20,22H,7-14H2,1H3/t20-,22+/m1/s1. The van der Waals surface area contributed by atoms with Gasteiger partial charge in [-0.25, -0.2) is 8.78 Å². The summed E-state index contributed by atoms with van der Waals surface area (Å²) in [6.07, 6.45) is 5.19. The van der Waals surface area contributed by atoms with E-state index in [1.165, 1.54) is 50.3 Å². The predicted octanol–water partition coefficient (Wildman–Crippen LogP) is 5.56. The van der Waals surface area contributed by atoms with Gasteiger partial charge in [-0.05, 0) is 69.0 Å². The van der Waals surface area contributed by atoms with Gasteiger partial charge < -0.3 is 4.74 Å². The molecule has 1 heterocycles. The van der Waals surface area contributed by atoms with Crippen LogP contribution in [0.2, 0.25) is 0 Å². The van der Waals surface area contributed by atoms with Gasteiger partial charge in [0, 0.05) is 24.2 Å². The highest BCUT2D eigenvalue weighted by atomic mass is 19.1. The van der Waals surface area contributed by atoms with E-state index in [9.17, 15) is 8.78 Å². The maximum absolute atomic E-state index is 13.6. The van der Waals surface area contributed by atoms with Crippen LogP contribution in [0, 0.1) is 30.4 Å². The van der Waals surface area contributed by atoms with E-state index in [1.807, 2.05) is 0 Å². The fraction of sp³-hybridized carbons (Fsp3) is 0.500. The van der Waals surface area contributed by atoms with Crippen LogP contribution in [-0.2, 0) is 0 Å². The molecule has 1 saturated heterocycles. The first-order valence-corrected chi connectivity index (χ1v) is 10.5. The van der Waals surface area contributed by atoms with Crippen molar-refractivity contribution in [2.75, 3.05) is 26.2 Å². The molecule has 150 valence electrons. The lowest BCUT2D eigenvalue weighted by Crippen LogP contribution is -2.36. The van der Waals surface area contributed by atoms with E-state index < -0.39 is 11.6 Å². The SMILES string of the molecule is Cc1c(F)cc(OCCN2CCC(C[C@@H]3C[C@H]3c3ccccc3)CC2)cc1F. The lowest BCUT2D eigenvalue weighted by molar-refractivity contribution is 0.148. The van der Waals surface area contributed by atoms with Crippen molar-refractivity contribution in [2.45, 2.75) is 38.5 Å². The van der Waals surface area contributed by atoms with Gasteiger partial charge in [0.1, 0.15) is 24.0 Å². The van der Waals surface area contributed by atoms with Crippen LogP contribution in [0.25, 0.3) is 0 Å². The highest BCUT2D eigenvalue weighted by Gasteiger charge is 2.39. The van der Waals surface area contributed by atoms with Crippen LogP contribution in [0.15, 0.2) is 42.5 Å². The molecule has 0 bridgehead atoms. The molecule has 28 heavy (non-hydrogen) atoms. The molecular weight excluding hydrogens is 356 g/mol. The number of halogens is 2. The lowest BCUT2D eigenvalue weighted by Gasteiger charge is -2.32. The Balaban J connectivity index is 1.15. The Bertz CT molecular complexity index is 763. The van der Waals surface area contributed by atoms with Crippen LogP contribution in [0.1, 0.15) is 42.7 Å². The van der Waals surface area contributed by atoms with E-state index in [4.69, 9.17) is 4.74 Å². The minimum absolute atomic E-state index is 0.0413. The van der Waals surface area contributed by atoms with E-state index in [-0.39, 0.29) is 11.3 Å². The predicted molar refractivity (Wildman–Crippen MR) is 108 cm³/mol. The highest BCUT2D eigenvalue weighted by molar-refractivity contribution is 5.29. The molecule has 4 heteroatoms. The van der Waals surface area contributed by atoms with Crippen molar-refractivity contribution in [1.29, 1.82) is 0 Å². The minimum atomic E-state index is -0.551. The van der Waals surface area contributed by atoms with Gasteiger partial charge in [0.2, 0.25) is 0 Å². The van der Waals surface area contributed by atoms with Crippen molar-refractivity contribution in [3.05, 3.63) is 65.2 Å². The fourth-order valence-corrected chi connectivity index (χ4v) is 4.49. The molecule has 0 spiro atoms. The van der Waals surface area contributed by atoms with Gasteiger partial charge in [-0.1, -0.05) is 30.3 Å². The third-order valence-electron chi connectivity index (χ3n) is 6.42. The number of piperidine rings is 1. The zero-order valence-corrected chi connectivity index (χ0v) is 16.5. The second kappa shape index (κ2) is 8.60. The number of hydrogen-bond acceptors (Lipinski definition) is 2. The van der Waals surface area contributed by atoms with Crippen LogP contribution in [0.3, 0.4) is 0 Å². The summed E-state index contributed by atoms with van der Waals surface area (Å²) >= 11 is 0. The molecule has 2 atom stereocenters. The first kappa shape index (κ1) is 19.4. The molecule has 1 saturated carbocycles. The van der Waals surface area contributed by atoms with Crippen molar-refractivity contribution in [3.63, 3.8) is 0 Å². The third-order valence-corrected chi connectivity index (χ3v) is 6.42. The number of hydrogen-bond donors (Lipinski definition) is 0. The second-order valence-corrected chi connectivity index (χ2v) is 8.39. The van der Waals surface area contributed by atoms with E-state index in [1.54, 1.807) is 0 Å². The summed E-state index contributed by atoms with van der Waals surface area (Å²) < 4.78 is 32.7. The normalized spacial score (nSPS) is 23.0. The summed E-state index contributed by atoms with van der Waals surface area (Å²) in [7, 11) is 0. The quantitative estimate of drug-likeness (QED) is 0.619. The van der Waals surface area contributed by atoms with E-state index >= 15 is 0 Å². The number of rotatable bonds is 7. The molecule has 1 aliphatic carbocycles. The van der Waals surface area contributed by atoms with Crippen LogP contribution < -0.4 is 4.74 Å². The van der Waals surface area contributed by atoms with Crippen molar-refractivity contribution in [3.8, 4) is 5.75 Å². The first-order valence-electron chi connectivity index (χ1n) is 10.5. The third kappa shape index (κ3) is 4.72. The van der Waals surface area contributed by atoms with E-state index in [2.05, 4.69) is 35.2 Å². The maximum Gasteiger partial charge on any atom is 0.132 e. The fourth-order valence-electron chi connectivity index (χ4n) is 4.49. The summed E-state index contributed by atoms with van der Waals surface area (Å²) in [5.74, 6) is 1.65. The Morgan fingerprint density at radius 3 is 2.39 bits per heavy atom. The number of nitrogens with zero attached hydrogens (tertiary/aromatic N) is 1. The molecule has 2 fully saturated rings. The molecule has 0 unspecified atom stereocenters. The number of likely N-dealkylation sites (tertiary alicyclic amines) is 1. The smallest absolute Gasteiger partial charge is 0.132 e. The minimum Gasteiger partial charge on any atom is -0.492 e. The molecular formula is C24H29F2NO. The summed E-state index contributed by atoms with van der Waals surface area (Å²) in [5.41, 5.74) is 1.55. The summed E-state index contributed by atoms with van der Waals surface area (Å²) in [6, 6.07) is 13.4.